The van der Waals surface area contributed by atoms with Gasteiger partial charge in [-0.05, 0) is 57.5 Å². The monoisotopic (exact) mass is 505 g/mol. The van der Waals surface area contributed by atoms with Gasteiger partial charge in [-0.15, -0.1) is 0 Å². The van der Waals surface area contributed by atoms with Crippen LogP contribution in [0.5, 0.6) is 11.5 Å². The standard InChI is InChI=1S/C27H30F3NO5/c1-5-33-23(26(32)34-6-2)14-18-10-12-20(13-11-18)35-16-19-15-31-24-21(25(19)36-17(3)4)8-7-9-22(24)27(28,29)30/h7-13,15,17,23H,5-6,14,16H2,1-4H3. The molecule has 0 bridgehead atoms. The Morgan fingerprint density at radius 2 is 1.75 bits per heavy atom. The highest BCUT2D eigenvalue weighted by Crippen LogP contribution is 2.38. The van der Waals surface area contributed by atoms with Gasteiger partial charge in [0.15, 0.2) is 6.10 Å². The average Bonchev–Trinajstić information content (AvgIpc) is 2.83. The first-order valence-electron chi connectivity index (χ1n) is 11.8. The fourth-order valence-electron chi connectivity index (χ4n) is 3.69. The average molecular weight is 506 g/mol. The Bertz CT molecular complexity index is 1160. The van der Waals surface area contributed by atoms with E-state index in [1.165, 1.54) is 12.3 Å². The number of hydrogen-bond donors (Lipinski definition) is 0. The zero-order valence-corrected chi connectivity index (χ0v) is 20.7. The van der Waals surface area contributed by atoms with Gasteiger partial charge in [-0.3, -0.25) is 4.98 Å². The van der Waals surface area contributed by atoms with Crippen molar-refractivity contribution in [2.45, 2.75) is 59.1 Å². The van der Waals surface area contributed by atoms with E-state index < -0.39 is 23.8 Å². The van der Waals surface area contributed by atoms with E-state index in [2.05, 4.69) is 4.98 Å². The summed E-state index contributed by atoms with van der Waals surface area (Å²) in [5.41, 5.74) is 0.409. The topological polar surface area (TPSA) is 66.9 Å². The molecule has 0 aliphatic heterocycles. The number of esters is 1. The fraction of sp³-hybridized carbons (Fsp3) is 0.407. The number of fused-ring (bicyclic) bond motifs is 1. The third-order valence-corrected chi connectivity index (χ3v) is 5.24. The predicted molar refractivity (Wildman–Crippen MR) is 129 cm³/mol. The zero-order chi connectivity index (χ0) is 26.3. The Hall–Kier alpha value is -3.33. The van der Waals surface area contributed by atoms with Crippen molar-refractivity contribution < 1.29 is 36.9 Å². The van der Waals surface area contributed by atoms with Gasteiger partial charge in [-0.1, -0.05) is 18.2 Å². The van der Waals surface area contributed by atoms with Crippen LogP contribution in [0.2, 0.25) is 0 Å². The van der Waals surface area contributed by atoms with E-state index in [0.717, 1.165) is 11.6 Å². The van der Waals surface area contributed by atoms with Crippen LogP contribution in [-0.2, 0) is 33.5 Å². The van der Waals surface area contributed by atoms with Gasteiger partial charge in [-0.2, -0.15) is 13.2 Å². The molecule has 2 aromatic carbocycles. The maximum atomic E-state index is 13.5. The highest BCUT2D eigenvalue weighted by atomic mass is 19.4. The summed E-state index contributed by atoms with van der Waals surface area (Å²) in [6.45, 7) is 7.86. The highest BCUT2D eigenvalue weighted by molar-refractivity contribution is 5.89. The van der Waals surface area contributed by atoms with E-state index in [1.807, 2.05) is 19.1 Å². The van der Waals surface area contributed by atoms with Crippen LogP contribution in [0.15, 0.2) is 48.7 Å². The van der Waals surface area contributed by atoms with Gasteiger partial charge in [0.05, 0.1) is 29.4 Å². The van der Waals surface area contributed by atoms with E-state index in [0.29, 0.717) is 30.1 Å². The van der Waals surface area contributed by atoms with Crippen molar-refractivity contribution in [2.75, 3.05) is 13.2 Å². The summed E-state index contributed by atoms with van der Waals surface area (Å²) in [7, 11) is 0. The number of aromatic nitrogens is 1. The molecule has 1 atom stereocenters. The summed E-state index contributed by atoms with van der Waals surface area (Å²) >= 11 is 0. The first kappa shape index (κ1) is 27.3. The van der Waals surface area contributed by atoms with Crippen LogP contribution in [0.4, 0.5) is 13.2 Å². The number of carbonyl (C=O) groups is 1. The van der Waals surface area contributed by atoms with Gasteiger partial charge in [0.1, 0.15) is 18.1 Å². The Balaban J connectivity index is 1.79. The van der Waals surface area contributed by atoms with Crippen molar-refractivity contribution in [3.8, 4) is 11.5 Å². The number of nitrogens with zero attached hydrogens (tertiary/aromatic N) is 1. The first-order chi connectivity index (χ1) is 17.1. The van der Waals surface area contributed by atoms with Crippen LogP contribution < -0.4 is 9.47 Å². The second-order valence-electron chi connectivity index (χ2n) is 8.31. The lowest BCUT2D eigenvalue weighted by atomic mass is 10.1. The molecule has 0 radical (unpaired) electrons. The molecule has 1 aromatic heterocycles. The number of benzene rings is 2. The second kappa shape index (κ2) is 12.1. The van der Waals surface area contributed by atoms with Gasteiger partial charge >= 0.3 is 12.1 Å². The number of alkyl halides is 3. The molecule has 3 aromatic rings. The van der Waals surface area contributed by atoms with Gasteiger partial charge in [0, 0.05) is 24.6 Å². The number of para-hydroxylation sites is 1. The van der Waals surface area contributed by atoms with Crippen LogP contribution in [0.1, 0.15) is 44.4 Å². The molecule has 6 nitrogen and oxygen atoms in total. The summed E-state index contributed by atoms with van der Waals surface area (Å²) in [5.74, 6) is 0.448. The number of pyridine rings is 1. The van der Waals surface area contributed by atoms with Crippen LogP contribution >= 0.6 is 0 Å². The fourth-order valence-corrected chi connectivity index (χ4v) is 3.69. The van der Waals surface area contributed by atoms with Gasteiger partial charge in [0.25, 0.3) is 0 Å². The molecular formula is C27H30F3NO5. The minimum Gasteiger partial charge on any atom is -0.490 e. The molecule has 1 unspecified atom stereocenters. The molecule has 0 fully saturated rings. The zero-order valence-electron chi connectivity index (χ0n) is 20.7. The number of ether oxygens (including phenoxy) is 4. The van der Waals surface area contributed by atoms with Gasteiger partial charge < -0.3 is 18.9 Å². The Kier molecular flexibility index (Phi) is 9.14. The predicted octanol–water partition coefficient (Wildman–Crippen LogP) is 6.13. The van der Waals surface area contributed by atoms with E-state index >= 15 is 0 Å². The molecule has 0 aliphatic carbocycles. The molecule has 1 heterocycles. The summed E-state index contributed by atoms with van der Waals surface area (Å²) in [4.78, 5) is 16.2. The number of halogens is 3. The lowest BCUT2D eigenvalue weighted by Gasteiger charge is -2.19. The molecule has 36 heavy (non-hydrogen) atoms. The number of hydrogen-bond acceptors (Lipinski definition) is 6. The van der Waals surface area contributed by atoms with Crippen molar-refractivity contribution in [2.24, 2.45) is 0 Å². The summed E-state index contributed by atoms with van der Waals surface area (Å²) in [5, 5.41) is 0.274. The molecule has 0 N–H and O–H groups in total. The highest BCUT2D eigenvalue weighted by Gasteiger charge is 2.34. The number of rotatable bonds is 11. The third kappa shape index (κ3) is 6.87. The Morgan fingerprint density at radius 3 is 2.36 bits per heavy atom. The molecule has 9 heteroatoms. The maximum absolute atomic E-state index is 13.5. The summed E-state index contributed by atoms with van der Waals surface area (Å²) < 4.78 is 62.8. The lowest BCUT2D eigenvalue weighted by Crippen LogP contribution is -2.28. The number of carbonyl (C=O) groups excluding carboxylic acids is 1. The van der Waals surface area contributed by atoms with E-state index in [9.17, 15) is 18.0 Å². The normalized spacial score (nSPS) is 12.6. The quantitative estimate of drug-likeness (QED) is 0.292. The molecular weight excluding hydrogens is 475 g/mol. The van der Waals surface area contributed by atoms with Crippen molar-refractivity contribution in [3.63, 3.8) is 0 Å². The Morgan fingerprint density at radius 1 is 1.03 bits per heavy atom. The molecule has 3 rings (SSSR count). The first-order valence-corrected chi connectivity index (χ1v) is 11.8. The molecule has 0 aliphatic rings. The summed E-state index contributed by atoms with van der Waals surface area (Å²) in [6, 6.07) is 11.1. The van der Waals surface area contributed by atoms with Crippen molar-refractivity contribution in [3.05, 3.63) is 65.4 Å². The lowest BCUT2D eigenvalue weighted by molar-refractivity contribution is -0.156. The van der Waals surface area contributed by atoms with Crippen LogP contribution in [0, 0.1) is 0 Å². The van der Waals surface area contributed by atoms with E-state index in [4.69, 9.17) is 18.9 Å². The van der Waals surface area contributed by atoms with Crippen molar-refractivity contribution >= 4 is 16.9 Å². The molecule has 0 saturated heterocycles. The molecule has 0 saturated carbocycles. The van der Waals surface area contributed by atoms with Crippen molar-refractivity contribution in [1.82, 2.24) is 4.98 Å². The maximum Gasteiger partial charge on any atom is 0.418 e. The van der Waals surface area contributed by atoms with Crippen molar-refractivity contribution in [1.29, 1.82) is 0 Å². The smallest absolute Gasteiger partial charge is 0.418 e. The van der Waals surface area contributed by atoms with Gasteiger partial charge in [-0.25, -0.2) is 4.79 Å². The Labute approximate surface area is 208 Å². The van der Waals surface area contributed by atoms with Crippen LogP contribution in [0.3, 0.4) is 0 Å². The minimum absolute atomic E-state index is 0.0466. The van der Waals surface area contributed by atoms with Crippen LogP contribution in [0.25, 0.3) is 10.9 Å². The van der Waals surface area contributed by atoms with E-state index in [-0.39, 0.29) is 30.2 Å². The summed E-state index contributed by atoms with van der Waals surface area (Å²) in [6.07, 6.45) is -3.77. The SMILES string of the molecule is CCOC(=O)C(Cc1ccc(OCc2cnc3c(C(F)(F)F)cccc3c2OC(C)C)cc1)OCC. The largest absolute Gasteiger partial charge is 0.490 e. The molecule has 0 amide bonds. The molecule has 194 valence electrons. The molecule has 0 spiro atoms. The van der Waals surface area contributed by atoms with E-state index in [1.54, 1.807) is 39.0 Å². The minimum atomic E-state index is -4.53. The van der Waals surface area contributed by atoms with Gasteiger partial charge in [0.2, 0.25) is 0 Å². The second-order valence-corrected chi connectivity index (χ2v) is 8.31. The van der Waals surface area contributed by atoms with Crippen LogP contribution in [-0.4, -0.2) is 36.4 Å². The third-order valence-electron chi connectivity index (χ3n) is 5.24.